The van der Waals surface area contributed by atoms with Crippen LogP contribution in [-0.4, -0.2) is 35.5 Å². The molecule has 2 aromatic rings. The predicted molar refractivity (Wildman–Crippen MR) is 95.7 cm³/mol. The molecule has 0 radical (unpaired) electrons. The van der Waals surface area contributed by atoms with Gasteiger partial charge in [-0.2, -0.15) is 0 Å². The number of aryl methyl sites for hydroxylation is 1. The van der Waals surface area contributed by atoms with Gasteiger partial charge in [0.2, 0.25) is 0 Å². The van der Waals surface area contributed by atoms with Crippen LogP contribution in [0.3, 0.4) is 0 Å². The lowest BCUT2D eigenvalue weighted by Gasteiger charge is -2.26. The van der Waals surface area contributed by atoms with Crippen molar-refractivity contribution in [3.63, 3.8) is 0 Å². The predicted octanol–water partition coefficient (Wildman–Crippen LogP) is 3.65. The van der Waals surface area contributed by atoms with E-state index in [2.05, 4.69) is 17.2 Å². The van der Waals surface area contributed by atoms with E-state index in [1.54, 1.807) is 6.07 Å². The maximum Gasteiger partial charge on any atom is 0.295 e. The molecule has 0 saturated carbocycles. The molecule has 1 saturated heterocycles. The summed E-state index contributed by atoms with van der Waals surface area (Å²) in [5.41, 5.74) is 2.04. The molecule has 1 atom stereocenters. The van der Waals surface area contributed by atoms with Gasteiger partial charge in [-0.3, -0.25) is 10.1 Å². The van der Waals surface area contributed by atoms with Crippen molar-refractivity contribution in [2.45, 2.75) is 33.0 Å². The van der Waals surface area contributed by atoms with E-state index in [9.17, 15) is 10.1 Å². The number of nitro groups is 1. The van der Waals surface area contributed by atoms with Gasteiger partial charge in [-0.25, -0.2) is 4.98 Å². The fourth-order valence-electron chi connectivity index (χ4n) is 3.32. The molecule has 0 amide bonds. The van der Waals surface area contributed by atoms with Crippen molar-refractivity contribution in [1.82, 2.24) is 4.98 Å². The molecule has 1 unspecified atom stereocenters. The van der Waals surface area contributed by atoms with Crippen LogP contribution < -0.4 is 5.32 Å². The second-order valence-corrected chi connectivity index (χ2v) is 6.76. The van der Waals surface area contributed by atoms with Crippen molar-refractivity contribution < 1.29 is 14.4 Å². The molecule has 3 rings (SSSR count). The minimum absolute atomic E-state index is 0.0255. The summed E-state index contributed by atoms with van der Waals surface area (Å²) in [5, 5.41) is 15.4. The number of fused-ring (bicyclic) bond motifs is 1. The Labute approximate surface area is 146 Å². The lowest BCUT2D eigenvalue weighted by Crippen LogP contribution is -2.30. The molecule has 7 nitrogen and oxygen atoms in total. The molecule has 25 heavy (non-hydrogen) atoms. The van der Waals surface area contributed by atoms with E-state index in [0.717, 1.165) is 23.2 Å². The van der Waals surface area contributed by atoms with Crippen LogP contribution in [0.15, 0.2) is 24.3 Å². The molecular weight excluding hydrogens is 322 g/mol. The topological polar surface area (TPSA) is 86.5 Å². The monoisotopic (exact) mass is 345 g/mol. The van der Waals surface area contributed by atoms with Crippen molar-refractivity contribution >= 4 is 22.3 Å². The minimum Gasteiger partial charge on any atom is -0.384 e. The standard InChI is InChI=1S/C18H23N3O4/c1-12(10-18(3)24-7-8-25-18)11-19-15-9-13(2)20-17-14(15)5-4-6-16(17)21(22)23/h4-6,9,12H,7-8,10-11H2,1-3H3,(H,19,20). The van der Waals surface area contributed by atoms with Crippen molar-refractivity contribution in [2.75, 3.05) is 25.1 Å². The van der Waals surface area contributed by atoms with Gasteiger partial charge in [-0.15, -0.1) is 0 Å². The van der Waals surface area contributed by atoms with Gasteiger partial charge in [0.05, 0.1) is 18.1 Å². The Bertz CT molecular complexity index is 787. The molecule has 1 fully saturated rings. The number of para-hydroxylation sites is 1. The molecule has 1 aromatic carbocycles. The number of nitro benzene ring substituents is 1. The van der Waals surface area contributed by atoms with E-state index in [1.165, 1.54) is 6.07 Å². The van der Waals surface area contributed by atoms with Crippen molar-refractivity contribution in [1.29, 1.82) is 0 Å². The number of ether oxygens (including phenoxy) is 2. The van der Waals surface area contributed by atoms with Crippen LogP contribution in [0.1, 0.15) is 26.0 Å². The molecule has 0 bridgehead atoms. The number of hydrogen-bond acceptors (Lipinski definition) is 6. The van der Waals surface area contributed by atoms with Crippen LogP contribution in [0.5, 0.6) is 0 Å². The summed E-state index contributed by atoms with van der Waals surface area (Å²) >= 11 is 0. The van der Waals surface area contributed by atoms with Crippen molar-refractivity contribution in [2.24, 2.45) is 5.92 Å². The molecule has 1 N–H and O–H groups in total. The lowest BCUT2D eigenvalue weighted by atomic mass is 10.0. The van der Waals surface area contributed by atoms with Gasteiger partial charge in [-0.1, -0.05) is 19.1 Å². The summed E-state index contributed by atoms with van der Waals surface area (Å²) in [4.78, 5) is 15.2. The van der Waals surface area contributed by atoms with Gasteiger partial charge in [0, 0.05) is 35.8 Å². The van der Waals surface area contributed by atoms with Crippen LogP contribution in [0.25, 0.3) is 10.9 Å². The number of non-ortho nitro benzene ring substituents is 1. The van der Waals surface area contributed by atoms with E-state index in [0.29, 0.717) is 31.2 Å². The third-order valence-electron chi connectivity index (χ3n) is 4.40. The lowest BCUT2D eigenvalue weighted by molar-refractivity contribution is -0.383. The van der Waals surface area contributed by atoms with Crippen molar-refractivity contribution in [3.05, 3.63) is 40.1 Å². The summed E-state index contributed by atoms with van der Waals surface area (Å²) in [6.07, 6.45) is 0.780. The Kier molecular flexibility index (Phi) is 4.87. The molecular formula is C18H23N3O4. The van der Waals surface area contributed by atoms with E-state index in [-0.39, 0.29) is 5.69 Å². The zero-order chi connectivity index (χ0) is 18.0. The van der Waals surface area contributed by atoms with E-state index < -0.39 is 10.7 Å². The number of aromatic nitrogens is 1. The number of hydrogen-bond donors (Lipinski definition) is 1. The first-order valence-electron chi connectivity index (χ1n) is 8.44. The first-order valence-corrected chi connectivity index (χ1v) is 8.44. The Balaban J connectivity index is 1.79. The van der Waals surface area contributed by atoms with E-state index in [4.69, 9.17) is 9.47 Å². The van der Waals surface area contributed by atoms with E-state index >= 15 is 0 Å². The molecule has 1 aliphatic heterocycles. The number of pyridine rings is 1. The summed E-state index contributed by atoms with van der Waals surface area (Å²) in [6, 6.07) is 6.94. The second kappa shape index (κ2) is 6.93. The van der Waals surface area contributed by atoms with Crippen LogP contribution in [-0.2, 0) is 9.47 Å². The van der Waals surface area contributed by atoms with Gasteiger partial charge in [0.15, 0.2) is 11.3 Å². The summed E-state index contributed by atoms with van der Waals surface area (Å²) in [7, 11) is 0. The quantitative estimate of drug-likeness (QED) is 0.635. The molecule has 134 valence electrons. The zero-order valence-corrected chi connectivity index (χ0v) is 14.7. The molecule has 1 aromatic heterocycles. The van der Waals surface area contributed by atoms with E-state index in [1.807, 2.05) is 26.0 Å². The number of benzene rings is 1. The summed E-state index contributed by atoms with van der Waals surface area (Å²) in [5.74, 6) is -0.207. The summed E-state index contributed by atoms with van der Waals surface area (Å²) in [6.45, 7) is 7.91. The Morgan fingerprint density at radius 3 is 2.80 bits per heavy atom. The van der Waals surface area contributed by atoms with Gasteiger partial charge in [0.25, 0.3) is 5.69 Å². The molecule has 0 aliphatic carbocycles. The Hall–Kier alpha value is -2.25. The average Bonchev–Trinajstić information content (AvgIpc) is 2.97. The fourth-order valence-corrected chi connectivity index (χ4v) is 3.32. The minimum atomic E-state index is -0.518. The normalized spacial score (nSPS) is 17.6. The van der Waals surface area contributed by atoms with Crippen LogP contribution in [0, 0.1) is 23.0 Å². The number of nitrogens with one attached hydrogen (secondary N) is 1. The SMILES string of the molecule is Cc1cc(NCC(C)CC2(C)OCCO2)c2cccc([N+](=O)[O-])c2n1. The average molecular weight is 345 g/mol. The highest BCUT2D eigenvalue weighted by atomic mass is 16.7. The summed E-state index contributed by atoms with van der Waals surface area (Å²) < 4.78 is 11.3. The first-order chi connectivity index (χ1) is 11.9. The van der Waals surface area contributed by atoms with Gasteiger partial charge in [0.1, 0.15) is 0 Å². The zero-order valence-electron chi connectivity index (χ0n) is 14.7. The highest BCUT2D eigenvalue weighted by Crippen LogP contribution is 2.31. The third kappa shape index (κ3) is 3.88. The van der Waals surface area contributed by atoms with Crippen LogP contribution in [0.2, 0.25) is 0 Å². The fraction of sp³-hybridized carbons (Fsp3) is 0.500. The smallest absolute Gasteiger partial charge is 0.295 e. The van der Waals surface area contributed by atoms with Crippen LogP contribution in [0.4, 0.5) is 11.4 Å². The molecule has 2 heterocycles. The van der Waals surface area contributed by atoms with Gasteiger partial charge >= 0.3 is 0 Å². The highest BCUT2D eigenvalue weighted by molar-refractivity contribution is 5.96. The van der Waals surface area contributed by atoms with Crippen molar-refractivity contribution in [3.8, 4) is 0 Å². The first kappa shape index (κ1) is 17.6. The maximum atomic E-state index is 11.2. The molecule has 0 spiro atoms. The second-order valence-electron chi connectivity index (χ2n) is 6.76. The molecule has 7 heteroatoms. The Morgan fingerprint density at radius 1 is 1.40 bits per heavy atom. The van der Waals surface area contributed by atoms with Gasteiger partial charge < -0.3 is 14.8 Å². The highest BCUT2D eigenvalue weighted by Gasteiger charge is 2.32. The molecule has 1 aliphatic rings. The van der Waals surface area contributed by atoms with Gasteiger partial charge in [-0.05, 0) is 25.8 Å². The largest absolute Gasteiger partial charge is 0.384 e. The number of nitrogens with zero attached hydrogens (tertiary/aromatic N) is 2. The van der Waals surface area contributed by atoms with Crippen LogP contribution >= 0.6 is 0 Å². The number of rotatable bonds is 6. The third-order valence-corrected chi connectivity index (χ3v) is 4.40. The maximum absolute atomic E-state index is 11.2. The Morgan fingerprint density at radius 2 is 2.12 bits per heavy atom. The number of anilines is 1.